The van der Waals surface area contributed by atoms with Gasteiger partial charge in [0.05, 0.1) is 18.0 Å². The molecule has 1 aliphatic rings. The molecule has 0 bridgehead atoms. The van der Waals surface area contributed by atoms with Crippen LogP contribution in [0.3, 0.4) is 0 Å². The zero-order valence-corrected chi connectivity index (χ0v) is 17.8. The van der Waals surface area contributed by atoms with Crippen molar-refractivity contribution in [3.8, 4) is 22.6 Å². The van der Waals surface area contributed by atoms with Crippen LogP contribution in [0.1, 0.15) is 18.6 Å². The van der Waals surface area contributed by atoms with Crippen molar-refractivity contribution in [1.82, 2.24) is 29.3 Å². The summed E-state index contributed by atoms with van der Waals surface area (Å²) in [7, 11) is -3.13. The molecule has 0 spiro atoms. The number of sulfonamides is 1. The molecule has 0 saturated carbocycles. The lowest BCUT2D eigenvalue weighted by molar-refractivity contribution is 0.163. The lowest BCUT2D eigenvalue weighted by Crippen LogP contribution is -2.48. The fourth-order valence-corrected chi connectivity index (χ4v) is 4.47. The normalized spacial score (nSPS) is 16.1. The van der Waals surface area contributed by atoms with Gasteiger partial charge >= 0.3 is 0 Å². The maximum Gasteiger partial charge on any atom is 0.241 e. The molecule has 1 saturated heterocycles. The van der Waals surface area contributed by atoms with Crippen LogP contribution in [0.15, 0.2) is 41.1 Å². The van der Waals surface area contributed by atoms with Crippen molar-refractivity contribution >= 4 is 10.0 Å². The Morgan fingerprint density at radius 3 is 2.37 bits per heavy atom. The summed E-state index contributed by atoms with van der Waals surface area (Å²) in [5.41, 5.74) is 2.72. The first kappa shape index (κ1) is 20.6. The van der Waals surface area contributed by atoms with Gasteiger partial charge in [0.15, 0.2) is 0 Å². The molecule has 1 aromatic carbocycles. The number of aromatic nitrogens is 4. The Hall–Kier alpha value is -2.69. The summed E-state index contributed by atoms with van der Waals surface area (Å²) in [6.45, 7) is 6.30. The van der Waals surface area contributed by atoms with Gasteiger partial charge in [-0.05, 0) is 19.9 Å². The molecule has 3 aromatic rings. The highest BCUT2D eigenvalue weighted by Gasteiger charge is 2.26. The van der Waals surface area contributed by atoms with E-state index in [1.54, 1.807) is 17.4 Å². The SMILES string of the molecule is CCS(=O)(=O)N1CCN(Cc2nc(-c3ccc(-c4ccnc(C)n4)cc3)no2)CC1. The molecule has 3 heterocycles. The third-order valence-electron chi connectivity index (χ3n) is 5.13. The van der Waals surface area contributed by atoms with Gasteiger partial charge in [0.2, 0.25) is 21.7 Å². The molecule has 4 rings (SSSR count). The van der Waals surface area contributed by atoms with Crippen LogP contribution in [0.2, 0.25) is 0 Å². The van der Waals surface area contributed by atoms with E-state index in [4.69, 9.17) is 4.52 Å². The maximum atomic E-state index is 12.0. The summed E-state index contributed by atoms with van der Waals surface area (Å²) in [4.78, 5) is 15.2. The quantitative estimate of drug-likeness (QED) is 0.587. The molecule has 1 aliphatic heterocycles. The van der Waals surface area contributed by atoms with Gasteiger partial charge in [0, 0.05) is 43.5 Å². The van der Waals surface area contributed by atoms with Crippen molar-refractivity contribution in [3.63, 3.8) is 0 Å². The number of nitrogens with zero attached hydrogens (tertiary/aromatic N) is 6. The van der Waals surface area contributed by atoms with Gasteiger partial charge in [-0.1, -0.05) is 29.4 Å². The first-order valence-electron chi connectivity index (χ1n) is 9.88. The largest absolute Gasteiger partial charge is 0.338 e. The Morgan fingerprint density at radius 1 is 1.00 bits per heavy atom. The molecular weight excluding hydrogens is 404 g/mol. The first-order chi connectivity index (χ1) is 14.4. The standard InChI is InChI=1S/C20H24N6O3S/c1-3-30(27,28)26-12-10-25(11-13-26)14-19-23-20(24-29-19)17-6-4-16(5-7-17)18-8-9-21-15(2)22-18/h4-9H,3,10-14H2,1-2H3. The Bertz CT molecular complexity index is 1110. The van der Waals surface area contributed by atoms with E-state index in [9.17, 15) is 8.42 Å². The summed E-state index contributed by atoms with van der Waals surface area (Å²) >= 11 is 0. The van der Waals surface area contributed by atoms with Gasteiger partial charge in [-0.3, -0.25) is 4.90 Å². The molecule has 30 heavy (non-hydrogen) atoms. The highest BCUT2D eigenvalue weighted by Crippen LogP contribution is 2.22. The molecule has 0 unspecified atom stereocenters. The van der Waals surface area contributed by atoms with Crippen molar-refractivity contribution in [3.05, 3.63) is 48.2 Å². The summed E-state index contributed by atoms with van der Waals surface area (Å²) < 4.78 is 30.9. The summed E-state index contributed by atoms with van der Waals surface area (Å²) in [6.07, 6.45) is 1.74. The fourth-order valence-electron chi connectivity index (χ4n) is 3.38. The van der Waals surface area contributed by atoms with Gasteiger partial charge < -0.3 is 4.52 Å². The van der Waals surface area contributed by atoms with Gasteiger partial charge in [-0.25, -0.2) is 18.4 Å². The Balaban J connectivity index is 1.39. The van der Waals surface area contributed by atoms with E-state index in [0.717, 1.165) is 22.6 Å². The zero-order valence-electron chi connectivity index (χ0n) is 17.0. The van der Waals surface area contributed by atoms with Crippen molar-refractivity contribution < 1.29 is 12.9 Å². The van der Waals surface area contributed by atoms with Crippen LogP contribution >= 0.6 is 0 Å². The molecule has 0 aliphatic carbocycles. The van der Waals surface area contributed by atoms with Gasteiger partial charge in [0.1, 0.15) is 5.82 Å². The third-order valence-corrected chi connectivity index (χ3v) is 7.01. The predicted molar refractivity (Wildman–Crippen MR) is 112 cm³/mol. The molecule has 0 N–H and O–H groups in total. The van der Waals surface area contributed by atoms with Gasteiger partial charge in [-0.15, -0.1) is 0 Å². The van der Waals surface area contributed by atoms with Crippen LogP contribution in [0.5, 0.6) is 0 Å². The topological polar surface area (TPSA) is 105 Å². The van der Waals surface area contributed by atoms with E-state index in [2.05, 4.69) is 25.0 Å². The minimum absolute atomic E-state index is 0.135. The maximum absolute atomic E-state index is 12.0. The number of hydrogen-bond acceptors (Lipinski definition) is 8. The number of benzene rings is 1. The van der Waals surface area contributed by atoms with Gasteiger partial charge in [-0.2, -0.15) is 9.29 Å². The zero-order chi connectivity index (χ0) is 21.1. The average molecular weight is 429 g/mol. The van der Waals surface area contributed by atoms with Crippen LogP contribution in [-0.4, -0.2) is 69.7 Å². The Morgan fingerprint density at radius 2 is 1.70 bits per heavy atom. The summed E-state index contributed by atoms with van der Waals surface area (Å²) in [5.74, 6) is 1.91. The molecule has 0 atom stereocenters. The Labute approximate surface area is 175 Å². The summed E-state index contributed by atoms with van der Waals surface area (Å²) in [6, 6.07) is 9.70. The van der Waals surface area contributed by atoms with Crippen molar-refractivity contribution in [2.24, 2.45) is 0 Å². The van der Waals surface area contributed by atoms with Crippen LogP contribution in [0.25, 0.3) is 22.6 Å². The molecule has 158 valence electrons. The van der Waals surface area contributed by atoms with Crippen LogP contribution in [0.4, 0.5) is 0 Å². The molecule has 1 fully saturated rings. The van der Waals surface area contributed by atoms with Crippen LogP contribution < -0.4 is 0 Å². The second-order valence-electron chi connectivity index (χ2n) is 7.15. The highest BCUT2D eigenvalue weighted by atomic mass is 32.2. The molecule has 0 amide bonds. The van der Waals surface area contributed by atoms with E-state index in [1.165, 1.54) is 0 Å². The fraction of sp³-hybridized carbons (Fsp3) is 0.400. The Kier molecular flexibility index (Phi) is 5.89. The smallest absolute Gasteiger partial charge is 0.241 e. The predicted octanol–water partition coefficient (Wildman–Crippen LogP) is 1.97. The highest BCUT2D eigenvalue weighted by molar-refractivity contribution is 7.89. The van der Waals surface area contributed by atoms with Crippen molar-refractivity contribution in [2.45, 2.75) is 20.4 Å². The first-order valence-corrected chi connectivity index (χ1v) is 11.5. The lowest BCUT2D eigenvalue weighted by atomic mass is 10.1. The van der Waals surface area contributed by atoms with Crippen LogP contribution in [-0.2, 0) is 16.6 Å². The van der Waals surface area contributed by atoms with Crippen LogP contribution in [0, 0.1) is 6.92 Å². The van der Waals surface area contributed by atoms with E-state index in [1.807, 2.05) is 37.3 Å². The third kappa shape index (κ3) is 4.55. The van der Waals surface area contributed by atoms with E-state index < -0.39 is 10.0 Å². The monoisotopic (exact) mass is 428 g/mol. The van der Waals surface area contributed by atoms with E-state index >= 15 is 0 Å². The second kappa shape index (κ2) is 8.58. The number of rotatable bonds is 6. The molecule has 10 heteroatoms. The average Bonchev–Trinajstić information content (AvgIpc) is 3.23. The second-order valence-corrected chi connectivity index (χ2v) is 9.41. The minimum Gasteiger partial charge on any atom is -0.338 e. The van der Waals surface area contributed by atoms with Crippen molar-refractivity contribution in [1.29, 1.82) is 0 Å². The number of hydrogen-bond donors (Lipinski definition) is 0. The van der Waals surface area contributed by atoms with Crippen molar-refractivity contribution in [2.75, 3.05) is 31.9 Å². The number of piperazine rings is 1. The molecule has 9 nitrogen and oxygen atoms in total. The van der Waals surface area contributed by atoms with E-state index in [-0.39, 0.29) is 5.75 Å². The molecular formula is C20H24N6O3S. The number of aryl methyl sites for hydroxylation is 1. The molecule has 0 radical (unpaired) electrons. The lowest BCUT2D eigenvalue weighted by Gasteiger charge is -2.32. The van der Waals surface area contributed by atoms with Gasteiger partial charge in [0.25, 0.3) is 0 Å². The minimum atomic E-state index is -3.13. The summed E-state index contributed by atoms with van der Waals surface area (Å²) in [5, 5.41) is 4.09. The molecule has 2 aromatic heterocycles. The van der Waals surface area contributed by atoms with E-state index in [0.29, 0.717) is 44.4 Å².